The van der Waals surface area contributed by atoms with Crippen molar-refractivity contribution in [2.75, 3.05) is 11.9 Å². The number of halogens is 1. The topological polar surface area (TPSA) is 26.3 Å². The maximum absolute atomic E-state index is 10.3. The molecule has 0 saturated heterocycles. The lowest BCUT2D eigenvalue weighted by Crippen LogP contribution is -2.04. The fraction of sp³-hybridized carbons (Fsp3) is 0.400. The molecule has 0 saturated carbocycles. The molecule has 3 heteroatoms. The van der Waals surface area contributed by atoms with Gasteiger partial charge in [0.25, 0.3) is 0 Å². The summed E-state index contributed by atoms with van der Waals surface area (Å²) in [6.45, 7) is 3.67. The monoisotopic (exact) mass is 178 g/mol. The third-order valence-electron chi connectivity index (χ3n) is 0.471. The molecule has 0 bridgehead atoms. The van der Waals surface area contributed by atoms with Gasteiger partial charge in [-0.05, 0) is 0 Å². The van der Waals surface area contributed by atoms with Crippen LogP contribution in [0.4, 0.5) is 0 Å². The van der Waals surface area contributed by atoms with Gasteiger partial charge in [0, 0.05) is 0 Å². The van der Waals surface area contributed by atoms with Crippen LogP contribution < -0.4 is 0 Å². The lowest BCUT2D eigenvalue weighted by Gasteiger charge is -1.94. The second kappa shape index (κ2) is 4.84. The van der Waals surface area contributed by atoms with E-state index in [2.05, 4.69) is 27.2 Å². The molecule has 46 valence electrons. The van der Waals surface area contributed by atoms with E-state index in [1.807, 2.05) is 0 Å². The molecule has 0 aromatic carbocycles. The Bertz CT molecular complexity index is 90.4. The van der Waals surface area contributed by atoms with Crippen molar-refractivity contribution in [3.05, 3.63) is 12.7 Å². The van der Waals surface area contributed by atoms with Gasteiger partial charge in [-0.25, -0.2) is 0 Å². The normalized spacial score (nSPS) is 8.12. The first-order chi connectivity index (χ1) is 3.81. The molecule has 0 amide bonds. The molecular formula is C5H7BrO2. The van der Waals surface area contributed by atoms with E-state index in [9.17, 15) is 4.79 Å². The molecule has 0 fully saturated rings. The summed E-state index contributed by atoms with van der Waals surface area (Å²) in [5, 5.41) is 0.251. The summed E-state index contributed by atoms with van der Waals surface area (Å²) in [6, 6.07) is 0. The highest BCUT2D eigenvalue weighted by Crippen LogP contribution is 1.84. The number of alkyl halides is 1. The van der Waals surface area contributed by atoms with Gasteiger partial charge in [-0.3, -0.25) is 4.79 Å². The van der Waals surface area contributed by atoms with E-state index in [1.165, 1.54) is 6.08 Å². The first-order valence-corrected chi connectivity index (χ1v) is 3.26. The largest absolute Gasteiger partial charge is 0.461 e. The highest BCUT2D eigenvalue weighted by atomic mass is 79.9. The van der Waals surface area contributed by atoms with E-state index in [-0.39, 0.29) is 11.3 Å². The van der Waals surface area contributed by atoms with E-state index < -0.39 is 0 Å². The molecule has 0 aliphatic heterocycles. The van der Waals surface area contributed by atoms with E-state index in [0.717, 1.165) is 0 Å². The smallest absolute Gasteiger partial charge is 0.316 e. The highest BCUT2D eigenvalue weighted by molar-refractivity contribution is 9.09. The third kappa shape index (κ3) is 3.87. The van der Waals surface area contributed by atoms with Crippen LogP contribution in [0.3, 0.4) is 0 Å². The second-order valence-electron chi connectivity index (χ2n) is 1.11. The molecule has 0 aliphatic rings. The zero-order valence-electron chi connectivity index (χ0n) is 4.39. The van der Waals surface area contributed by atoms with Crippen LogP contribution in [0.5, 0.6) is 0 Å². The molecule has 0 atom stereocenters. The summed E-state index contributed by atoms with van der Waals surface area (Å²) in [5.74, 6) is -0.259. The van der Waals surface area contributed by atoms with E-state index >= 15 is 0 Å². The van der Waals surface area contributed by atoms with Crippen LogP contribution in [-0.2, 0) is 9.53 Å². The SMILES string of the molecule is C=CCOC(=O)CBr. The van der Waals surface area contributed by atoms with Crippen LogP contribution in [0, 0.1) is 0 Å². The van der Waals surface area contributed by atoms with Gasteiger partial charge in [0.1, 0.15) is 11.9 Å². The van der Waals surface area contributed by atoms with E-state index in [0.29, 0.717) is 6.61 Å². The third-order valence-corrected chi connectivity index (χ3v) is 0.929. The number of hydrogen-bond acceptors (Lipinski definition) is 2. The molecule has 8 heavy (non-hydrogen) atoms. The lowest BCUT2D eigenvalue weighted by atomic mass is 10.7. The number of rotatable bonds is 3. The van der Waals surface area contributed by atoms with E-state index in [4.69, 9.17) is 0 Å². The van der Waals surface area contributed by atoms with Gasteiger partial charge >= 0.3 is 5.97 Å². The first-order valence-electron chi connectivity index (χ1n) is 2.13. The Morgan fingerprint density at radius 3 is 2.88 bits per heavy atom. The summed E-state index contributed by atoms with van der Waals surface area (Å²) in [4.78, 5) is 10.3. The Morgan fingerprint density at radius 1 is 1.88 bits per heavy atom. The van der Waals surface area contributed by atoms with Gasteiger partial charge in [-0.2, -0.15) is 0 Å². The molecule has 0 N–H and O–H groups in total. The summed E-state index contributed by atoms with van der Waals surface area (Å²) in [6.07, 6.45) is 1.53. The minimum absolute atomic E-state index is 0.251. The molecule has 0 unspecified atom stereocenters. The minimum Gasteiger partial charge on any atom is -0.461 e. The second-order valence-corrected chi connectivity index (χ2v) is 1.67. The summed E-state index contributed by atoms with van der Waals surface area (Å²) in [5.41, 5.74) is 0. The number of carbonyl (C=O) groups is 1. The quantitative estimate of drug-likeness (QED) is 0.368. The van der Waals surface area contributed by atoms with Gasteiger partial charge in [0.2, 0.25) is 0 Å². The molecule has 0 rings (SSSR count). The number of esters is 1. The maximum atomic E-state index is 10.3. The Balaban J connectivity index is 3.11. The predicted molar refractivity (Wildman–Crippen MR) is 35.0 cm³/mol. The van der Waals surface area contributed by atoms with Crippen molar-refractivity contribution >= 4 is 21.9 Å². The average Bonchev–Trinajstić information content (AvgIpc) is 1.83. The Labute approximate surface area is 56.7 Å². The van der Waals surface area contributed by atoms with Crippen molar-refractivity contribution in [2.24, 2.45) is 0 Å². The van der Waals surface area contributed by atoms with Crippen molar-refractivity contribution in [3.63, 3.8) is 0 Å². The van der Waals surface area contributed by atoms with Crippen LogP contribution in [-0.4, -0.2) is 17.9 Å². The highest BCUT2D eigenvalue weighted by Gasteiger charge is 1.93. The summed E-state index contributed by atoms with van der Waals surface area (Å²) >= 11 is 2.94. The van der Waals surface area contributed by atoms with Crippen molar-refractivity contribution in [1.29, 1.82) is 0 Å². The minimum atomic E-state index is -0.259. The standard InChI is InChI=1S/C5H7BrO2/c1-2-3-8-5(7)4-6/h2H,1,3-4H2. The summed E-state index contributed by atoms with van der Waals surface area (Å²) in [7, 11) is 0. The molecule has 0 radical (unpaired) electrons. The van der Waals surface area contributed by atoms with Gasteiger partial charge < -0.3 is 4.74 Å². The zero-order chi connectivity index (χ0) is 6.41. The molecule has 0 aromatic rings. The average molecular weight is 179 g/mol. The van der Waals surface area contributed by atoms with Crippen molar-refractivity contribution < 1.29 is 9.53 Å². The Kier molecular flexibility index (Phi) is 4.65. The van der Waals surface area contributed by atoms with Gasteiger partial charge in [0.15, 0.2) is 0 Å². The maximum Gasteiger partial charge on any atom is 0.316 e. The number of ether oxygens (including phenoxy) is 1. The van der Waals surface area contributed by atoms with Crippen molar-refractivity contribution in [1.82, 2.24) is 0 Å². The van der Waals surface area contributed by atoms with Gasteiger partial charge in [0.05, 0.1) is 0 Å². The molecule has 0 spiro atoms. The van der Waals surface area contributed by atoms with Crippen LogP contribution in [0.25, 0.3) is 0 Å². The molecule has 0 heterocycles. The van der Waals surface area contributed by atoms with Crippen LogP contribution >= 0.6 is 15.9 Å². The lowest BCUT2D eigenvalue weighted by molar-refractivity contribution is -0.139. The van der Waals surface area contributed by atoms with Crippen molar-refractivity contribution in [3.8, 4) is 0 Å². The Hall–Kier alpha value is -0.310. The van der Waals surface area contributed by atoms with E-state index in [1.54, 1.807) is 0 Å². The van der Waals surface area contributed by atoms with Crippen LogP contribution in [0.2, 0.25) is 0 Å². The molecule has 0 aromatic heterocycles. The zero-order valence-corrected chi connectivity index (χ0v) is 5.98. The predicted octanol–water partition coefficient (Wildman–Crippen LogP) is 1.11. The fourth-order valence-corrected chi connectivity index (χ4v) is 0.352. The fourth-order valence-electron chi connectivity index (χ4n) is 0.190. The van der Waals surface area contributed by atoms with Gasteiger partial charge in [-0.1, -0.05) is 28.6 Å². The number of hydrogen-bond donors (Lipinski definition) is 0. The van der Waals surface area contributed by atoms with Crippen LogP contribution in [0.1, 0.15) is 0 Å². The molecule has 2 nitrogen and oxygen atoms in total. The molecule has 0 aliphatic carbocycles. The first kappa shape index (κ1) is 7.69. The number of carbonyl (C=O) groups excluding carboxylic acids is 1. The van der Waals surface area contributed by atoms with Crippen LogP contribution in [0.15, 0.2) is 12.7 Å². The molecular weight excluding hydrogens is 172 g/mol. The summed E-state index contributed by atoms with van der Waals surface area (Å²) < 4.78 is 4.54. The Morgan fingerprint density at radius 2 is 2.50 bits per heavy atom. The van der Waals surface area contributed by atoms with Gasteiger partial charge in [-0.15, -0.1) is 0 Å². The van der Waals surface area contributed by atoms with Crippen molar-refractivity contribution in [2.45, 2.75) is 0 Å².